The first kappa shape index (κ1) is 12.2. The highest BCUT2D eigenvalue weighted by atomic mass is 16.4. The van der Waals surface area contributed by atoms with Crippen molar-refractivity contribution in [3.8, 4) is 0 Å². The van der Waals surface area contributed by atoms with Gasteiger partial charge in [-0.15, -0.1) is 0 Å². The lowest BCUT2D eigenvalue weighted by molar-refractivity contribution is -0.136. The van der Waals surface area contributed by atoms with Crippen molar-refractivity contribution in [2.24, 2.45) is 0 Å². The summed E-state index contributed by atoms with van der Waals surface area (Å²) in [5.41, 5.74) is 2.61. The number of rotatable bonds is 3. The molecule has 2 aromatic heterocycles. The fourth-order valence-electron chi connectivity index (χ4n) is 2.33. The van der Waals surface area contributed by atoms with E-state index in [9.17, 15) is 9.59 Å². The second-order valence-electron chi connectivity index (χ2n) is 4.55. The number of nitrogens with one attached hydrogen (secondary N) is 1. The molecule has 0 atom stereocenters. The highest BCUT2D eigenvalue weighted by Crippen LogP contribution is 2.22. The Balaban J connectivity index is 2.35. The summed E-state index contributed by atoms with van der Waals surface area (Å²) in [6, 6.07) is 4.58. The molecule has 0 aliphatic rings. The zero-order valence-electron chi connectivity index (χ0n) is 10.5. The van der Waals surface area contributed by atoms with Crippen LogP contribution in [-0.4, -0.2) is 36.5 Å². The number of aromatic nitrogens is 3. The first-order valence-electron chi connectivity index (χ1n) is 5.92. The normalized spacial score (nSPS) is 11.2. The number of carbonyl (C=O) groups is 2. The number of aromatic amines is 1. The summed E-state index contributed by atoms with van der Waals surface area (Å²) in [6.07, 6.45) is -0.158. The molecule has 0 saturated carbocycles. The molecule has 0 radical (unpaired) electrons. The van der Waals surface area contributed by atoms with Crippen molar-refractivity contribution in [3.05, 3.63) is 35.2 Å². The van der Waals surface area contributed by atoms with Gasteiger partial charge in [0.1, 0.15) is 0 Å². The Morgan fingerprint density at radius 3 is 2.75 bits per heavy atom. The molecule has 0 spiro atoms. The molecule has 0 amide bonds. The van der Waals surface area contributed by atoms with Crippen LogP contribution in [-0.2, 0) is 11.2 Å². The average molecular weight is 273 g/mol. The van der Waals surface area contributed by atoms with Gasteiger partial charge in [-0.05, 0) is 25.1 Å². The van der Waals surface area contributed by atoms with Crippen molar-refractivity contribution in [1.82, 2.24) is 14.4 Å². The topological polar surface area (TPSA) is 108 Å². The molecule has 0 aliphatic heterocycles. The van der Waals surface area contributed by atoms with Gasteiger partial charge in [-0.2, -0.15) is 0 Å². The maximum atomic E-state index is 11.0. The van der Waals surface area contributed by atoms with Crippen molar-refractivity contribution in [1.29, 1.82) is 0 Å². The van der Waals surface area contributed by atoms with E-state index in [1.54, 1.807) is 17.4 Å². The van der Waals surface area contributed by atoms with Crippen molar-refractivity contribution < 1.29 is 19.8 Å². The molecule has 0 bridgehead atoms. The molecule has 1 aromatic carbocycles. The summed E-state index contributed by atoms with van der Waals surface area (Å²) < 4.78 is 1.66. The summed E-state index contributed by atoms with van der Waals surface area (Å²) in [5, 5.41) is 18.0. The van der Waals surface area contributed by atoms with E-state index >= 15 is 0 Å². The van der Waals surface area contributed by atoms with E-state index in [1.165, 1.54) is 12.1 Å². The molecule has 2 heterocycles. The van der Waals surface area contributed by atoms with Gasteiger partial charge < -0.3 is 15.2 Å². The van der Waals surface area contributed by atoms with Crippen LogP contribution in [0, 0.1) is 6.92 Å². The van der Waals surface area contributed by atoms with Crippen LogP contribution in [0.3, 0.4) is 0 Å². The largest absolute Gasteiger partial charge is 0.481 e. The predicted molar refractivity (Wildman–Crippen MR) is 70.1 cm³/mol. The molecule has 0 fully saturated rings. The van der Waals surface area contributed by atoms with E-state index in [4.69, 9.17) is 10.2 Å². The second-order valence-corrected chi connectivity index (χ2v) is 4.55. The number of benzene rings is 1. The van der Waals surface area contributed by atoms with E-state index in [-0.39, 0.29) is 12.0 Å². The number of aromatic carboxylic acids is 1. The molecule has 0 unspecified atom stereocenters. The van der Waals surface area contributed by atoms with Crippen LogP contribution in [0.5, 0.6) is 0 Å². The molecular weight excluding hydrogens is 262 g/mol. The maximum absolute atomic E-state index is 11.0. The zero-order chi connectivity index (χ0) is 14.4. The van der Waals surface area contributed by atoms with Gasteiger partial charge in [-0.3, -0.25) is 9.20 Å². The van der Waals surface area contributed by atoms with Crippen LogP contribution in [0.25, 0.3) is 16.8 Å². The van der Waals surface area contributed by atoms with Gasteiger partial charge in [-0.1, -0.05) is 0 Å². The Kier molecular flexibility index (Phi) is 2.50. The van der Waals surface area contributed by atoms with Crippen LogP contribution in [0.4, 0.5) is 0 Å². The lowest BCUT2D eigenvalue weighted by atomic mass is 10.2. The number of carboxylic acid groups (broad SMARTS) is 2. The van der Waals surface area contributed by atoms with Crippen LogP contribution in [0.15, 0.2) is 18.2 Å². The van der Waals surface area contributed by atoms with Crippen LogP contribution >= 0.6 is 0 Å². The number of imidazole rings is 2. The standard InChI is InChI=1S/C13H11N3O4/c1-6-9(5-11(17)18)16-10-4-7(12(19)20)2-3-8(10)15-13(16)14-6/h2-4H,5H2,1H3,(H,14,15)(H,17,18)(H,19,20). The minimum Gasteiger partial charge on any atom is -0.481 e. The summed E-state index contributed by atoms with van der Waals surface area (Å²) in [6.45, 7) is 1.76. The third kappa shape index (κ3) is 1.71. The maximum Gasteiger partial charge on any atom is 0.335 e. The van der Waals surface area contributed by atoms with Gasteiger partial charge in [0.25, 0.3) is 0 Å². The third-order valence-corrected chi connectivity index (χ3v) is 3.22. The monoisotopic (exact) mass is 273 g/mol. The van der Waals surface area contributed by atoms with E-state index in [1.807, 2.05) is 0 Å². The fraction of sp³-hybridized carbons (Fsp3) is 0.154. The SMILES string of the molecule is Cc1[nH]c2nc3ccc(C(=O)O)cc3n2c1CC(=O)O. The quantitative estimate of drug-likeness (QED) is 0.669. The molecule has 3 aromatic rings. The van der Waals surface area contributed by atoms with Crippen LogP contribution in [0.2, 0.25) is 0 Å². The number of H-pyrrole nitrogens is 1. The van der Waals surface area contributed by atoms with E-state index in [0.29, 0.717) is 28.2 Å². The second kappa shape index (κ2) is 4.09. The number of hydrogen-bond donors (Lipinski definition) is 3. The third-order valence-electron chi connectivity index (χ3n) is 3.22. The molecule has 3 rings (SSSR count). The summed E-state index contributed by atoms with van der Waals surface area (Å²) >= 11 is 0. The Hall–Kier alpha value is -2.83. The number of nitrogens with zero attached hydrogens (tertiary/aromatic N) is 2. The smallest absolute Gasteiger partial charge is 0.335 e. The predicted octanol–water partition coefficient (Wildman–Crippen LogP) is 1.45. The lowest BCUT2D eigenvalue weighted by Gasteiger charge is -2.00. The number of carboxylic acids is 2. The molecule has 102 valence electrons. The molecule has 0 saturated heterocycles. The minimum absolute atomic E-state index is 0.138. The summed E-state index contributed by atoms with van der Waals surface area (Å²) in [4.78, 5) is 29.3. The van der Waals surface area contributed by atoms with Gasteiger partial charge in [0.2, 0.25) is 5.78 Å². The van der Waals surface area contributed by atoms with E-state index in [2.05, 4.69) is 9.97 Å². The Labute approximate surface area is 112 Å². The number of fused-ring (bicyclic) bond motifs is 3. The molecule has 3 N–H and O–H groups in total. The molecule has 7 heteroatoms. The summed E-state index contributed by atoms with van der Waals surface area (Å²) in [7, 11) is 0. The lowest BCUT2D eigenvalue weighted by Crippen LogP contribution is -2.04. The summed E-state index contributed by atoms with van der Waals surface area (Å²) in [5.74, 6) is -1.48. The van der Waals surface area contributed by atoms with Crippen molar-refractivity contribution in [3.63, 3.8) is 0 Å². The highest BCUT2D eigenvalue weighted by molar-refractivity contribution is 5.93. The van der Waals surface area contributed by atoms with Gasteiger partial charge >= 0.3 is 11.9 Å². The van der Waals surface area contributed by atoms with Crippen molar-refractivity contribution >= 4 is 28.7 Å². The van der Waals surface area contributed by atoms with Crippen LogP contribution in [0.1, 0.15) is 21.7 Å². The Morgan fingerprint density at radius 1 is 1.35 bits per heavy atom. The van der Waals surface area contributed by atoms with Crippen molar-refractivity contribution in [2.45, 2.75) is 13.3 Å². The zero-order valence-corrected chi connectivity index (χ0v) is 10.5. The van der Waals surface area contributed by atoms with E-state index < -0.39 is 11.9 Å². The highest BCUT2D eigenvalue weighted by Gasteiger charge is 2.17. The van der Waals surface area contributed by atoms with Crippen molar-refractivity contribution in [2.75, 3.05) is 0 Å². The Morgan fingerprint density at radius 2 is 2.10 bits per heavy atom. The Bertz CT molecular complexity index is 859. The fourth-order valence-corrected chi connectivity index (χ4v) is 2.33. The first-order valence-corrected chi connectivity index (χ1v) is 5.92. The molecule has 0 aliphatic carbocycles. The number of aryl methyl sites for hydroxylation is 1. The van der Waals surface area contributed by atoms with Gasteiger partial charge in [0.05, 0.1) is 28.7 Å². The van der Waals surface area contributed by atoms with Gasteiger partial charge in [0, 0.05) is 5.69 Å². The average Bonchev–Trinajstić information content (AvgIpc) is 2.85. The first-order chi connectivity index (χ1) is 9.47. The minimum atomic E-state index is -1.03. The number of hydrogen-bond acceptors (Lipinski definition) is 3. The van der Waals surface area contributed by atoms with Gasteiger partial charge in [-0.25, -0.2) is 9.78 Å². The molecular formula is C13H11N3O4. The van der Waals surface area contributed by atoms with Gasteiger partial charge in [0.15, 0.2) is 0 Å². The van der Waals surface area contributed by atoms with Crippen LogP contribution < -0.4 is 0 Å². The number of aliphatic carboxylic acids is 1. The molecule has 7 nitrogen and oxygen atoms in total. The molecule has 20 heavy (non-hydrogen) atoms. The van der Waals surface area contributed by atoms with E-state index in [0.717, 1.165) is 0 Å².